The number of aromatic nitrogens is 1. The first-order chi connectivity index (χ1) is 8.70. The molecule has 2 aromatic rings. The van der Waals surface area contributed by atoms with Gasteiger partial charge in [0.2, 0.25) is 0 Å². The third-order valence-corrected chi connectivity index (χ3v) is 3.71. The molecule has 1 aromatic carbocycles. The maximum atomic E-state index is 5.69. The Morgan fingerprint density at radius 2 is 1.94 bits per heavy atom. The molecule has 0 aliphatic rings. The molecule has 0 aliphatic carbocycles. The van der Waals surface area contributed by atoms with Gasteiger partial charge >= 0.3 is 0 Å². The van der Waals surface area contributed by atoms with Gasteiger partial charge in [0.1, 0.15) is 5.01 Å². The Hall–Kier alpha value is -1.23. The topological polar surface area (TPSA) is 42.2 Å². The third kappa shape index (κ3) is 3.16. The van der Waals surface area contributed by atoms with Crippen LogP contribution in [0.25, 0.3) is 11.3 Å². The fourth-order valence-corrected chi connectivity index (χ4v) is 3.08. The molecule has 0 spiro atoms. The summed E-state index contributed by atoms with van der Waals surface area (Å²) in [6, 6.07) is 10.3. The van der Waals surface area contributed by atoms with Gasteiger partial charge in [-0.3, -0.25) is 0 Å². The van der Waals surface area contributed by atoms with Crippen molar-refractivity contribution in [3.63, 3.8) is 0 Å². The minimum absolute atomic E-state index is 0.670. The van der Waals surface area contributed by atoms with Crippen LogP contribution in [0.2, 0.25) is 0 Å². The van der Waals surface area contributed by atoms with Crippen LogP contribution in [-0.2, 0) is 13.0 Å². The van der Waals surface area contributed by atoms with Gasteiger partial charge < -0.3 is 10.6 Å². The first kappa shape index (κ1) is 13.2. The second-order valence-electron chi connectivity index (χ2n) is 4.52. The lowest BCUT2D eigenvalue weighted by Crippen LogP contribution is -2.10. The fourth-order valence-electron chi connectivity index (χ4n) is 1.86. The average molecular weight is 261 g/mol. The SMILES string of the molecule is CN(C)Cc1nc(-c2ccccc2)c(CCN)s1. The predicted octanol–water partition coefficient (Wildman–Crippen LogP) is 2.37. The van der Waals surface area contributed by atoms with E-state index in [2.05, 4.69) is 31.1 Å². The third-order valence-electron chi connectivity index (χ3n) is 2.61. The zero-order chi connectivity index (χ0) is 13.0. The second kappa shape index (κ2) is 6.09. The summed E-state index contributed by atoms with van der Waals surface area (Å²) in [7, 11) is 4.12. The van der Waals surface area contributed by atoms with Crippen molar-refractivity contribution in [3.05, 3.63) is 40.2 Å². The highest BCUT2D eigenvalue weighted by Gasteiger charge is 2.12. The quantitative estimate of drug-likeness (QED) is 0.898. The highest BCUT2D eigenvalue weighted by atomic mass is 32.1. The Bertz CT molecular complexity index is 491. The van der Waals surface area contributed by atoms with Crippen LogP contribution in [0.3, 0.4) is 0 Å². The molecule has 4 heteroatoms. The van der Waals surface area contributed by atoms with Crippen LogP contribution in [0.5, 0.6) is 0 Å². The van der Waals surface area contributed by atoms with Crippen molar-refractivity contribution in [2.45, 2.75) is 13.0 Å². The van der Waals surface area contributed by atoms with E-state index in [1.165, 1.54) is 10.4 Å². The molecular formula is C14H19N3S. The van der Waals surface area contributed by atoms with Crippen molar-refractivity contribution in [1.82, 2.24) is 9.88 Å². The first-order valence-electron chi connectivity index (χ1n) is 6.09. The van der Waals surface area contributed by atoms with Crippen molar-refractivity contribution in [2.75, 3.05) is 20.6 Å². The van der Waals surface area contributed by atoms with E-state index in [4.69, 9.17) is 10.7 Å². The number of thiazole rings is 1. The fraction of sp³-hybridized carbons (Fsp3) is 0.357. The van der Waals surface area contributed by atoms with Gasteiger partial charge in [0.25, 0.3) is 0 Å². The average Bonchev–Trinajstić information content (AvgIpc) is 2.73. The zero-order valence-electron chi connectivity index (χ0n) is 10.9. The molecule has 96 valence electrons. The molecule has 0 amide bonds. The molecule has 0 atom stereocenters. The van der Waals surface area contributed by atoms with Crippen LogP contribution < -0.4 is 5.73 Å². The Morgan fingerprint density at radius 1 is 1.22 bits per heavy atom. The molecule has 1 heterocycles. The summed E-state index contributed by atoms with van der Waals surface area (Å²) < 4.78 is 0. The van der Waals surface area contributed by atoms with E-state index in [0.717, 1.165) is 23.7 Å². The number of rotatable bonds is 5. The lowest BCUT2D eigenvalue weighted by Gasteiger charge is -2.04. The summed E-state index contributed by atoms with van der Waals surface area (Å²) in [6.07, 6.45) is 0.898. The zero-order valence-corrected chi connectivity index (χ0v) is 11.7. The molecule has 3 nitrogen and oxygen atoms in total. The van der Waals surface area contributed by atoms with E-state index in [-0.39, 0.29) is 0 Å². The Balaban J connectivity index is 2.35. The Labute approximate surface area is 112 Å². The molecule has 0 fully saturated rings. The lowest BCUT2D eigenvalue weighted by atomic mass is 10.1. The van der Waals surface area contributed by atoms with Crippen LogP contribution in [-0.4, -0.2) is 30.5 Å². The standard InChI is InChI=1S/C14H19N3S/c1-17(2)10-13-16-14(12(18-13)8-9-15)11-6-4-3-5-7-11/h3-7H,8-10,15H2,1-2H3. The lowest BCUT2D eigenvalue weighted by molar-refractivity contribution is 0.402. The van der Waals surface area contributed by atoms with E-state index >= 15 is 0 Å². The number of hydrogen-bond donors (Lipinski definition) is 1. The Morgan fingerprint density at radius 3 is 2.56 bits per heavy atom. The van der Waals surface area contributed by atoms with Gasteiger partial charge in [0.05, 0.1) is 5.69 Å². The molecule has 1 aromatic heterocycles. The van der Waals surface area contributed by atoms with Crippen molar-refractivity contribution in [1.29, 1.82) is 0 Å². The van der Waals surface area contributed by atoms with Gasteiger partial charge in [-0.2, -0.15) is 0 Å². The molecule has 2 rings (SSSR count). The number of nitrogens with zero attached hydrogens (tertiary/aromatic N) is 2. The molecule has 0 saturated heterocycles. The summed E-state index contributed by atoms with van der Waals surface area (Å²) in [5.41, 5.74) is 7.97. The molecule has 0 aliphatic heterocycles. The maximum absolute atomic E-state index is 5.69. The first-order valence-corrected chi connectivity index (χ1v) is 6.91. The number of hydrogen-bond acceptors (Lipinski definition) is 4. The Kier molecular flexibility index (Phi) is 4.47. The van der Waals surface area contributed by atoms with Crippen molar-refractivity contribution in [2.24, 2.45) is 5.73 Å². The van der Waals surface area contributed by atoms with Gasteiger partial charge in [-0.1, -0.05) is 30.3 Å². The number of benzene rings is 1. The van der Waals surface area contributed by atoms with Gasteiger partial charge in [-0.15, -0.1) is 11.3 Å². The highest BCUT2D eigenvalue weighted by molar-refractivity contribution is 7.12. The van der Waals surface area contributed by atoms with Crippen LogP contribution in [0, 0.1) is 0 Å². The molecule has 0 radical (unpaired) electrons. The van der Waals surface area contributed by atoms with Crippen molar-refractivity contribution in [3.8, 4) is 11.3 Å². The largest absolute Gasteiger partial charge is 0.330 e. The van der Waals surface area contributed by atoms with Gasteiger partial charge in [-0.25, -0.2) is 4.98 Å². The summed E-state index contributed by atoms with van der Waals surface area (Å²) in [5.74, 6) is 0. The van der Waals surface area contributed by atoms with E-state index < -0.39 is 0 Å². The van der Waals surface area contributed by atoms with E-state index in [1.54, 1.807) is 11.3 Å². The summed E-state index contributed by atoms with van der Waals surface area (Å²) in [6.45, 7) is 1.55. The summed E-state index contributed by atoms with van der Waals surface area (Å²) in [4.78, 5) is 8.19. The number of nitrogens with two attached hydrogens (primary N) is 1. The van der Waals surface area contributed by atoms with Gasteiger partial charge in [0.15, 0.2) is 0 Å². The monoisotopic (exact) mass is 261 g/mol. The van der Waals surface area contributed by atoms with E-state index in [9.17, 15) is 0 Å². The summed E-state index contributed by atoms with van der Waals surface area (Å²) >= 11 is 1.77. The predicted molar refractivity (Wildman–Crippen MR) is 77.7 cm³/mol. The second-order valence-corrected chi connectivity index (χ2v) is 5.69. The maximum Gasteiger partial charge on any atom is 0.108 e. The van der Waals surface area contributed by atoms with Crippen LogP contribution in [0.15, 0.2) is 30.3 Å². The van der Waals surface area contributed by atoms with Crippen molar-refractivity contribution < 1.29 is 0 Å². The van der Waals surface area contributed by atoms with Gasteiger partial charge in [0, 0.05) is 17.0 Å². The molecular weight excluding hydrogens is 242 g/mol. The molecule has 18 heavy (non-hydrogen) atoms. The molecule has 2 N–H and O–H groups in total. The minimum atomic E-state index is 0.670. The van der Waals surface area contributed by atoms with E-state index in [0.29, 0.717) is 6.54 Å². The highest BCUT2D eigenvalue weighted by Crippen LogP contribution is 2.28. The minimum Gasteiger partial charge on any atom is -0.330 e. The van der Waals surface area contributed by atoms with Crippen LogP contribution in [0.4, 0.5) is 0 Å². The normalized spacial score (nSPS) is 11.1. The summed E-state index contributed by atoms with van der Waals surface area (Å²) in [5, 5.41) is 1.15. The molecule has 0 saturated carbocycles. The molecule has 0 unspecified atom stereocenters. The van der Waals surface area contributed by atoms with Crippen LogP contribution >= 0.6 is 11.3 Å². The smallest absolute Gasteiger partial charge is 0.108 e. The van der Waals surface area contributed by atoms with Crippen molar-refractivity contribution >= 4 is 11.3 Å². The van der Waals surface area contributed by atoms with E-state index in [1.807, 2.05) is 18.2 Å². The van der Waals surface area contributed by atoms with Crippen LogP contribution in [0.1, 0.15) is 9.88 Å². The van der Waals surface area contributed by atoms with Gasteiger partial charge in [-0.05, 0) is 27.1 Å². The molecule has 0 bridgehead atoms.